The van der Waals surface area contributed by atoms with Gasteiger partial charge < -0.3 is 0 Å². The average molecular weight is 269 g/mol. The van der Waals surface area contributed by atoms with E-state index in [1.165, 1.54) is 0 Å². The molecule has 0 N–H and O–H groups in total. The molecule has 1 aromatic heterocycles. The zero-order chi connectivity index (χ0) is 12.6. The molecule has 88 valence electrons. The Hall–Kier alpha value is -1.32. The van der Waals surface area contributed by atoms with Gasteiger partial charge in [0.1, 0.15) is 5.69 Å². The quantitative estimate of drug-likeness (QED) is 0.780. The standard InChI is InChI=1S/C12H10Cl2N2O/c1-7-9(6-17)8(2)16(15-7)12-10(13)4-3-5-11(12)14/h3-6H,1-2H3. The van der Waals surface area contributed by atoms with Crippen LogP contribution >= 0.6 is 23.2 Å². The van der Waals surface area contributed by atoms with Gasteiger partial charge in [-0.2, -0.15) is 5.10 Å². The van der Waals surface area contributed by atoms with Gasteiger partial charge in [-0.3, -0.25) is 4.79 Å². The molecule has 0 aliphatic carbocycles. The summed E-state index contributed by atoms with van der Waals surface area (Å²) in [7, 11) is 0. The summed E-state index contributed by atoms with van der Waals surface area (Å²) in [6.45, 7) is 3.58. The molecule has 0 amide bonds. The molecular formula is C12H10Cl2N2O. The number of carbonyl (C=O) groups is 1. The summed E-state index contributed by atoms with van der Waals surface area (Å²) in [5.41, 5.74) is 2.56. The topological polar surface area (TPSA) is 34.9 Å². The second-order valence-corrected chi connectivity index (χ2v) is 4.50. The Morgan fingerprint density at radius 3 is 2.29 bits per heavy atom. The highest BCUT2D eigenvalue weighted by Gasteiger charge is 2.16. The van der Waals surface area contributed by atoms with Crippen LogP contribution in [0.15, 0.2) is 18.2 Å². The van der Waals surface area contributed by atoms with Crippen molar-refractivity contribution in [3.05, 3.63) is 45.2 Å². The van der Waals surface area contributed by atoms with Crippen molar-refractivity contribution in [2.24, 2.45) is 0 Å². The van der Waals surface area contributed by atoms with Gasteiger partial charge in [0.25, 0.3) is 0 Å². The highest BCUT2D eigenvalue weighted by molar-refractivity contribution is 6.37. The predicted octanol–water partition coefficient (Wildman–Crippen LogP) is 3.61. The molecule has 0 fully saturated rings. The first-order chi connectivity index (χ1) is 8.06. The summed E-state index contributed by atoms with van der Waals surface area (Å²) in [6, 6.07) is 5.24. The van der Waals surface area contributed by atoms with E-state index in [0.717, 1.165) is 12.0 Å². The number of aldehydes is 1. The molecule has 0 aliphatic rings. The van der Waals surface area contributed by atoms with Crippen molar-refractivity contribution in [1.82, 2.24) is 9.78 Å². The lowest BCUT2D eigenvalue weighted by molar-refractivity contribution is 0.112. The van der Waals surface area contributed by atoms with Crippen LogP contribution in [0.4, 0.5) is 0 Å². The zero-order valence-electron chi connectivity index (χ0n) is 9.37. The number of nitrogens with zero attached hydrogens (tertiary/aromatic N) is 2. The Morgan fingerprint density at radius 2 is 1.82 bits per heavy atom. The Bertz CT molecular complexity index is 570. The molecule has 3 nitrogen and oxygen atoms in total. The highest BCUT2D eigenvalue weighted by Crippen LogP contribution is 2.29. The number of aromatic nitrogens is 2. The summed E-state index contributed by atoms with van der Waals surface area (Å²) < 4.78 is 1.60. The van der Waals surface area contributed by atoms with E-state index in [-0.39, 0.29) is 0 Å². The maximum atomic E-state index is 10.9. The number of halogens is 2. The van der Waals surface area contributed by atoms with Gasteiger partial charge in [0, 0.05) is 0 Å². The van der Waals surface area contributed by atoms with Crippen LogP contribution in [0.25, 0.3) is 5.69 Å². The normalized spacial score (nSPS) is 10.6. The first-order valence-corrected chi connectivity index (χ1v) is 5.77. The zero-order valence-corrected chi connectivity index (χ0v) is 10.9. The lowest BCUT2D eigenvalue weighted by Gasteiger charge is -2.08. The molecule has 1 aromatic carbocycles. The van der Waals surface area contributed by atoms with Crippen molar-refractivity contribution in [1.29, 1.82) is 0 Å². The molecule has 0 saturated carbocycles. The molecular weight excluding hydrogens is 259 g/mol. The molecule has 17 heavy (non-hydrogen) atoms. The first-order valence-electron chi connectivity index (χ1n) is 5.02. The number of rotatable bonds is 2. The molecule has 2 aromatic rings. The van der Waals surface area contributed by atoms with Gasteiger partial charge in [0.05, 0.1) is 27.0 Å². The van der Waals surface area contributed by atoms with Crippen LogP contribution in [0.1, 0.15) is 21.7 Å². The van der Waals surface area contributed by atoms with Crippen molar-refractivity contribution in [3.8, 4) is 5.69 Å². The van der Waals surface area contributed by atoms with Crippen LogP contribution in [0, 0.1) is 13.8 Å². The number of para-hydroxylation sites is 1. The molecule has 1 heterocycles. The fraction of sp³-hybridized carbons (Fsp3) is 0.167. The molecule has 0 spiro atoms. The van der Waals surface area contributed by atoms with E-state index >= 15 is 0 Å². The molecule has 0 bridgehead atoms. The van der Waals surface area contributed by atoms with Crippen molar-refractivity contribution < 1.29 is 4.79 Å². The number of carbonyl (C=O) groups excluding carboxylic acids is 1. The van der Waals surface area contributed by atoms with E-state index in [9.17, 15) is 4.79 Å². The Balaban J connectivity index is 2.73. The first kappa shape index (κ1) is 12.1. The fourth-order valence-electron chi connectivity index (χ4n) is 1.73. The number of benzene rings is 1. The average Bonchev–Trinajstić information content (AvgIpc) is 2.54. The van der Waals surface area contributed by atoms with E-state index in [4.69, 9.17) is 23.2 Å². The monoisotopic (exact) mass is 268 g/mol. The maximum absolute atomic E-state index is 10.9. The van der Waals surface area contributed by atoms with Crippen molar-refractivity contribution in [2.75, 3.05) is 0 Å². The van der Waals surface area contributed by atoms with Crippen LogP contribution in [-0.4, -0.2) is 16.1 Å². The Kier molecular flexibility index (Phi) is 3.22. The van der Waals surface area contributed by atoms with Crippen LogP contribution < -0.4 is 0 Å². The van der Waals surface area contributed by atoms with Gasteiger partial charge in [-0.1, -0.05) is 29.3 Å². The van der Waals surface area contributed by atoms with Crippen LogP contribution in [-0.2, 0) is 0 Å². The minimum absolute atomic E-state index is 0.501. The lowest BCUT2D eigenvalue weighted by atomic mass is 10.2. The van der Waals surface area contributed by atoms with Gasteiger partial charge in [0.2, 0.25) is 0 Å². The van der Waals surface area contributed by atoms with Gasteiger partial charge in [-0.25, -0.2) is 4.68 Å². The van der Waals surface area contributed by atoms with Gasteiger partial charge in [-0.15, -0.1) is 0 Å². The molecule has 0 saturated heterocycles. The lowest BCUT2D eigenvalue weighted by Crippen LogP contribution is -2.01. The largest absolute Gasteiger partial charge is 0.298 e. The minimum Gasteiger partial charge on any atom is -0.298 e. The molecule has 0 atom stereocenters. The third kappa shape index (κ3) is 1.96. The SMILES string of the molecule is Cc1nn(-c2c(Cl)cccc2Cl)c(C)c1C=O. The number of aryl methyl sites for hydroxylation is 1. The predicted molar refractivity (Wildman–Crippen MR) is 68.4 cm³/mol. The van der Waals surface area contributed by atoms with E-state index in [1.54, 1.807) is 29.8 Å². The van der Waals surface area contributed by atoms with Gasteiger partial charge >= 0.3 is 0 Å². The Morgan fingerprint density at radius 1 is 1.24 bits per heavy atom. The third-order valence-corrected chi connectivity index (χ3v) is 3.22. The van der Waals surface area contributed by atoms with E-state index in [1.807, 2.05) is 6.92 Å². The van der Waals surface area contributed by atoms with E-state index < -0.39 is 0 Å². The van der Waals surface area contributed by atoms with E-state index in [0.29, 0.717) is 27.0 Å². The third-order valence-electron chi connectivity index (χ3n) is 2.61. The summed E-state index contributed by atoms with van der Waals surface area (Å²) >= 11 is 12.2. The Labute approximate surface area is 109 Å². The highest BCUT2D eigenvalue weighted by atomic mass is 35.5. The fourth-order valence-corrected chi connectivity index (χ4v) is 2.29. The molecule has 0 aliphatic heterocycles. The summed E-state index contributed by atoms with van der Waals surface area (Å²) in [6.07, 6.45) is 0.791. The molecule has 0 radical (unpaired) electrons. The summed E-state index contributed by atoms with van der Waals surface area (Å²) in [5.74, 6) is 0. The number of hydrogen-bond acceptors (Lipinski definition) is 2. The van der Waals surface area contributed by atoms with Crippen molar-refractivity contribution in [2.45, 2.75) is 13.8 Å². The van der Waals surface area contributed by atoms with Crippen molar-refractivity contribution >= 4 is 29.5 Å². The van der Waals surface area contributed by atoms with Crippen LogP contribution in [0.5, 0.6) is 0 Å². The number of hydrogen-bond donors (Lipinski definition) is 0. The minimum atomic E-state index is 0.501. The second-order valence-electron chi connectivity index (χ2n) is 3.68. The molecule has 2 rings (SSSR count). The summed E-state index contributed by atoms with van der Waals surface area (Å²) in [4.78, 5) is 10.9. The molecule has 0 unspecified atom stereocenters. The maximum Gasteiger partial charge on any atom is 0.153 e. The van der Waals surface area contributed by atoms with Crippen LogP contribution in [0.2, 0.25) is 10.0 Å². The van der Waals surface area contributed by atoms with Crippen LogP contribution in [0.3, 0.4) is 0 Å². The van der Waals surface area contributed by atoms with Gasteiger partial charge in [-0.05, 0) is 26.0 Å². The summed E-state index contributed by atoms with van der Waals surface area (Å²) in [5, 5.41) is 5.29. The van der Waals surface area contributed by atoms with Gasteiger partial charge in [0.15, 0.2) is 6.29 Å². The smallest absolute Gasteiger partial charge is 0.153 e. The molecule has 5 heteroatoms. The van der Waals surface area contributed by atoms with Crippen molar-refractivity contribution in [3.63, 3.8) is 0 Å². The van der Waals surface area contributed by atoms with E-state index in [2.05, 4.69) is 5.10 Å². The second kappa shape index (κ2) is 4.51.